The SMILES string of the molecule is CC(C)(C)c1cc(NC(=O)CNc2ccccc2C(=O)Nc2ccccc2)on1. The molecule has 0 saturated carbocycles. The molecule has 0 unspecified atom stereocenters. The predicted octanol–water partition coefficient (Wildman–Crippen LogP) is 4.28. The normalized spacial score (nSPS) is 11.0. The summed E-state index contributed by atoms with van der Waals surface area (Å²) in [5.74, 6) is -0.276. The number of anilines is 3. The van der Waals surface area contributed by atoms with E-state index in [2.05, 4.69) is 21.1 Å². The van der Waals surface area contributed by atoms with E-state index in [0.29, 0.717) is 16.9 Å². The fourth-order valence-corrected chi connectivity index (χ4v) is 2.60. The van der Waals surface area contributed by atoms with E-state index in [1.54, 1.807) is 30.3 Å². The van der Waals surface area contributed by atoms with Gasteiger partial charge in [0, 0.05) is 22.9 Å². The number of aromatic nitrogens is 1. The second-order valence-corrected chi connectivity index (χ2v) is 7.59. The van der Waals surface area contributed by atoms with Crippen molar-refractivity contribution < 1.29 is 14.1 Å². The number of rotatable bonds is 6. The Morgan fingerprint density at radius 3 is 2.34 bits per heavy atom. The van der Waals surface area contributed by atoms with E-state index < -0.39 is 0 Å². The van der Waals surface area contributed by atoms with E-state index >= 15 is 0 Å². The molecule has 2 amide bonds. The van der Waals surface area contributed by atoms with Gasteiger partial charge in [-0.1, -0.05) is 56.3 Å². The van der Waals surface area contributed by atoms with Crippen LogP contribution in [-0.4, -0.2) is 23.5 Å². The van der Waals surface area contributed by atoms with E-state index in [4.69, 9.17) is 4.52 Å². The van der Waals surface area contributed by atoms with Crippen LogP contribution >= 0.6 is 0 Å². The van der Waals surface area contributed by atoms with Gasteiger partial charge in [-0.3, -0.25) is 14.9 Å². The molecule has 1 aromatic heterocycles. The molecule has 0 bridgehead atoms. The molecule has 3 N–H and O–H groups in total. The maximum Gasteiger partial charge on any atom is 0.257 e. The van der Waals surface area contributed by atoms with Gasteiger partial charge >= 0.3 is 0 Å². The van der Waals surface area contributed by atoms with Gasteiger partial charge in [-0.25, -0.2) is 0 Å². The second-order valence-electron chi connectivity index (χ2n) is 7.59. The number of carbonyl (C=O) groups excluding carboxylic acids is 2. The average molecular weight is 392 g/mol. The van der Waals surface area contributed by atoms with Gasteiger partial charge in [0.2, 0.25) is 11.8 Å². The van der Waals surface area contributed by atoms with E-state index in [1.807, 2.05) is 51.1 Å². The van der Waals surface area contributed by atoms with Crippen molar-refractivity contribution >= 4 is 29.1 Å². The number of hydrogen-bond acceptors (Lipinski definition) is 5. The molecule has 1 heterocycles. The Morgan fingerprint density at radius 2 is 1.66 bits per heavy atom. The minimum atomic E-state index is -0.306. The van der Waals surface area contributed by atoms with Crippen LogP contribution < -0.4 is 16.0 Å². The number of carbonyl (C=O) groups is 2. The molecule has 29 heavy (non-hydrogen) atoms. The number of amides is 2. The minimum absolute atomic E-state index is 0.0266. The molecule has 7 nitrogen and oxygen atoms in total. The van der Waals surface area contributed by atoms with Gasteiger partial charge < -0.3 is 15.2 Å². The monoisotopic (exact) mass is 392 g/mol. The molecule has 0 fully saturated rings. The highest BCUT2D eigenvalue weighted by molar-refractivity contribution is 6.08. The Morgan fingerprint density at radius 1 is 0.966 bits per heavy atom. The highest BCUT2D eigenvalue weighted by atomic mass is 16.5. The summed E-state index contributed by atoms with van der Waals surface area (Å²) in [5.41, 5.74) is 2.28. The van der Waals surface area contributed by atoms with E-state index in [0.717, 1.165) is 5.69 Å². The van der Waals surface area contributed by atoms with Gasteiger partial charge in [-0.15, -0.1) is 0 Å². The molecule has 0 aliphatic carbocycles. The van der Waals surface area contributed by atoms with Crippen molar-refractivity contribution in [2.75, 3.05) is 22.5 Å². The van der Waals surface area contributed by atoms with Gasteiger partial charge in [0.1, 0.15) is 0 Å². The van der Waals surface area contributed by atoms with Crippen LogP contribution in [0.1, 0.15) is 36.8 Å². The van der Waals surface area contributed by atoms with Gasteiger partial charge in [-0.2, -0.15) is 0 Å². The molecule has 0 saturated heterocycles. The largest absolute Gasteiger partial charge is 0.375 e. The third-order valence-corrected chi connectivity index (χ3v) is 4.18. The zero-order valence-electron chi connectivity index (χ0n) is 16.7. The van der Waals surface area contributed by atoms with Crippen molar-refractivity contribution in [3.63, 3.8) is 0 Å². The molecule has 0 radical (unpaired) electrons. The second kappa shape index (κ2) is 8.60. The maximum atomic E-state index is 12.6. The molecule has 0 aliphatic heterocycles. The summed E-state index contributed by atoms with van der Waals surface area (Å²) in [6, 6.07) is 17.9. The first kappa shape index (κ1) is 20.1. The fourth-order valence-electron chi connectivity index (χ4n) is 2.60. The molecular formula is C22H24N4O3. The highest BCUT2D eigenvalue weighted by Crippen LogP contribution is 2.23. The van der Waals surface area contributed by atoms with Crippen molar-refractivity contribution in [2.24, 2.45) is 0 Å². The molecule has 3 aromatic rings. The zero-order valence-corrected chi connectivity index (χ0v) is 16.7. The van der Waals surface area contributed by atoms with Gasteiger partial charge in [0.05, 0.1) is 17.8 Å². The van der Waals surface area contributed by atoms with Crippen LogP contribution in [0.15, 0.2) is 65.2 Å². The third-order valence-electron chi connectivity index (χ3n) is 4.18. The number of hydrogen-bond donors (Lipinski definition) is 3. The lowest BCUT2D eigenvalue weighted by atomic mass is 9.92. The summed E-state index contributed by atoms with van der Waals surface area (Å²) in [6.07, 6.45) is 0. The van der Waals surface area contributed by atoms with Gasteiger partial charge in [0.25, 0.3) is 5.91 Å². The van der Waals surface area contributed by atoms with Crippen LogP contribution in [0.3, 0.4) is 0 Å². The molecule has 150 valence electrons. The number of benzene rings is 2. The Labute approximate surface area is 169 Å². The first-order valence-corrected chi connectivity index (χ1v) is 9.29. The van der Waals surface area contributed by atoms with Crippen LogP contribution in [0.4, 0.5) is 17.3 Å². The maximum absolute atomic E-state index is 12.6. The van der Waals surface area contributed by atoms with E-state index in [-0.39, 0.29) is 29.7 Å². The lowest BCUT2D eigenvalue weighted by Crippen LogP contribution is -2.23. The molecule has 0 aliphatic rings. The predicted molar refractivity (Wildman–Crippen MR) is 113 cm³/mol. The minimum Gasteiger partial charge on any atom is -0.375 e. The molecule has 2 aromatic carbocycles. The molecule has 0 atom stereocenters. The Balaban J connectivity index is 1.61. The molecular weight excluding hydrogens is 368 g/mol. The zero-order chi connectivity index (χ0) is 20.9. The first-order valence-electron chi connectivity index (χ1n) is 9.29. The number of nitrogens with one attached hydrogen (secondary N) is 3. The Kier molecular flexibility index (Phi) is 5.97. The molecule has 7 heteroatoms. The van der Waals surface area contributed by atoms with Crippen LogP contribution in [0, 0.1) is 0 Å². The standard InChI is InChI=1S/C22H24N4O3/c1-22(2,3)18-13-20(29-26-18)25-19(27)14-23-17-12-8-7-11-16(17)21(28)24-15-9-5-4-6-10-15/h4-13,23H,14H2,1-3H3,(H,24,28)(H,25,27). The lowest BCUT2D eigenvalue weighted by Gasteiger charge is -2.12. The summed E-state index contributed by atoms with van der Waals surface area (Å²) in [5, 5.41) is 12.5. The van der Waals surface area contributed by atoms with Crippen LogP contribution in [0.25, 0.3) is 0 Å². The number of nitrogens with zero attached hydrogens (tertiary/aromatic N) is 1. The quantitative estimate of drug-likeness (QED) is 0.582. The average Bonchev–Trinajstić information content (AvgIpc) is 3.16. The highest BCUT2D eigenvalue weighted by Gasteiger charge is 2.20. The van der Waals surface area contributed by atoms with Crippen molar-refractivity contribution in [1.29, 1.82) is 0 Å². The van der Waals surface area contributed by atoms with Crippen LogP contribution in [0.5, 0.6) is 0 Å². The number of para-hydroxylation sites is 2. The van der Waals surface area contributed by atoms with Crippen molar-refractivity contribution in [1.82, 2.24) is 5.16 Å². The Hall–Kier alpha value is -3.61. The third kappa shape index (κ3) is 5.44. The molecule has 3 rings (SSSR count). The molecule has 0 spiro atoms. The van der Waals surface area contributed by atoms with E-state index in [9.17, 15) is 9.59 Å². The van der Waals surface area contributed by atoms with Crippen molar-refractivity contribution in [3.05, 3.63) is 71.9 Å². The summed E-state index contributed by atoms with van der Waals surface area (Å²) in [6.45, 7) is 6.00. The first-order chi connectivity index (χ1) is 13.8. The topological polar surface area (TPSA) is 96.3 Å². The summed E-state index contributed by atoms with van der Waals surface area (Å²) in [7, 11) is 0. The Bertz CT molecular complexity index is 991. The van der Waals surface area contributed by atoms with E-state index in [1.165, 1.54) is 0 Å². The summed E-state index contributed by atoms with van der Waals surface area (Å²) >= 11 is 0. The lowest BCUT2D eigenvalue weighted by molar-refractivity contribution is -0.114. The van der Waals surface area contributed by atoms with Gasteiger partial charge in [0.15, 0.2) is 0 Å². The fraction of sp³-hybridized carbons (Fsp3) is 0.227. The van der Waals surface area contributed by atoms with Crippen LogP contribution in [0.2, 0.25) is 0 Å². The van der Waals surface area contributed by atoms with Crippen molar-refractivity contribution in [2.45, 2.75) is 26.2 Å². The summed E-state index contributed by atoms with van der Waals surface area (Å²) in [4.78, 5) is 24.8. The van der Waals surface area contributed by atoms with Gasteiger partial charge in [-0.05, 0) is 24.3 Å². The summed E-state index contributed by atoms with van der Waals surface area (Å²) < 4.78 is 5.17. The van der Waals surface area contributed by atoms with Crippen LogP contribution in [-0.2, 0) is 10.2 Å². The van der Waals surface area contributed by atoms with Crippen molar-refractivity contribution in [3.8, 4) is 0 Å². The smallest absolute Gasteiger partial charge is 0.257 e.